The fourth-order valence-corrected chi connectivity index (χ4v) is 5.90. The zero-order chi connectivity index (χ0) is 26.2. The third-order valence-corrected chi connectivity index (χ3v) is 8.64. The lowest BCUT2D eigenvalue weighted by atomic mass is 9.95. The predicted molar refractivity (Wildman–Crippen MR) is 150 cm³/mol. The molecule has 0 bridgehead atoms. The minimum absolute atomic E-state index is 0.0942. The standard InChI is InChI=1S/C29H38Cl2N4O2/c1-2-23(24-8-4-3-5-9-24)21-34-17-12-22(18-26(35(34)37)13-16-33-14-6-7-15-33)20-32-29(36)25-10-11-27(30)28(31)19-25/h3-5,8-11,19,22-23,26H,2,6-7,12-18,20-21H2,1H3/p+1/t22-,23+,26+/m0/s1. The van der Waals surface area contributed by atoms with E-state index in [2.05, 4.69) is 41.4 Å². The number of hydrazine groups is 1. The molecule has 0 unspecified atom stereocenters. The van der Waals surface area contributed by atoms with Crippen LogP contribution in [0, 0.1) is 10.8 Å². The third kappa shape index (κ3) is 7.68. The second-order valence-electron chi connectivity index (χ2n) is 10.5. The van der Waals surface area contributed by atoms with E-state index in [1.165, 1.54) is 23.3 Å². The van der Waals surface area contributed by atoms with E-state index in [1.54, 1.807) is 18.2 Å². The topological polar surface area (TPSA) is 55.7 Å². The summed E-state index contributed by atoms with van der Waals surface area (Å²) in [5, 5.41) is 5.90. The van der Waals surface area contributed by atoms with Crippen molar-refractivity contribution in [2.75, 3.05) is 39.3 Å². The molecule has 200 valence electrons. The minimum atomic E-state index is -0.164. The van der Waals surface area contributed by atoms with E-state index in [0.29, 0.717) is 41.2 Å². The molecule has 37 heavy (non-hydrogen) atoms. The zero-order valence-corrected chi connectivity index (χ0v) is 23.3. The van der Waals surface area contributed by atoms with Crippen LogP contribution in [0.15, 0.2) is 48.5 Å². The number of nitrogens with one attached hydrogen (secondary N) is 1. The van der Waals surface area contributed by atoms with Gasteiger partial charge in [-0.1, -0.05) is 60.5 Å². The van der Waals surface area contributed by atoms with Crippen LogP contribution in [0.1, 0.15) is 67.3 Å². The van der Waals surface area contributed by atoms with Gasteiger partial charge in [-0.05, 0) is 68.5 Å². The first-order valence-electron chi connectivity index (χ1n) is 13.7. The van der Waals surface area contributed by atoms with Crippen LogP contribution in [-0.2, 0) is 0 Å². The maximum absolute atomic E-state index is 13.7. The number of carbonyl (C=O) groups is 1. The molecule has 2 heterocycles. The van der Waals surface area contributed by atoms with Crippen molar-refractivity contribution >= 4 is 29.1 Å². The van der Waals surface area contributed by atoms with Crippen LogP contribution in [0.5, 0.6) is 0 Å². The first kappa shape index (κ1) is 27.9. The lowest BCUT2D eigenvalue weighted by Gasteiger charge is -2.23. The van der Waals surface area contributed by atoms with Gasteiger partial charge in [-0.2, -0.15) is 0 Å². The highest BCUT2D eigenvalue weighted by molar-refractivity contribution is 6.42. The molecular formula is C29H39Cl2N4O2+. The van der Waals surface area contributed by atoms with Gasteiger partial charge in [-0.15, -0.1) is 5.01 Å². The van der Waals surface area contributed by atoms with Crippen molar-refractivity contribution in [2.45, 2.75) is 57.4 Å². The van der Waals surface area contributed by atoms with Gasteiger partial charge in [0.15, 0.2) is 0 Å². The summed E-state index contributed by atoms with van der Waals surface area (Å²) in [6.07, 6.45) is 5.96. The molecule has 6 nitrogen and oxygen atoms in total. The molecule has 2 aromatic carbocycles. The third-order valence-electron chi connectivity index (χ3n) is 7.90. The van der Waals surface area contributed by atoms with Crippen LogP contribution in [0.4, 0.5) is 0 Å². The summed E-state index contributed by atoms with van der Waals surface area (Å²) >= 11 is 12.1. The van der Waals surface area contributed by atoms with E-state index in [1.807, 2.05) is 11.1 Å². The van der Waals surface area contributed by atoms with Crippen LogP contribution in [-0.4, -0.2) is 66.0 Å². The average Bonchev–Trinajstić information content (AvgIpc) is 3.39. The highest BCUT2D eigenvalue weighted by Crippen LogP contribution is 2.27. The number of nitroso groups, excluding NO2 is 1. The van der Waals surface area contributed by atoms with E-state index < -0.39 is 0 Å². The number of rotatable bonds is 10. The quantitative estimate of drug-likeness (QED) is 0.362. The molecule has 4 rings (SSSR count). The summed E-state index contributed by atoms with van der Waals surface area (Å²) in [4.78, 5) is 30.3. The summed E-state index contributed by atoms with van der Waals surface area (Å²) in [5.74, 6) is 0.374. The number of likely N-dealkylation sites (tertiary alicyclic amines) is 1. The molecule has 1 amide bonds. The number of halogens is 2. The minimum Gasteiger partial charge on any atom is -0.352 e. The average molecular weight is 547 g/mol. The maximum Gasteiger partial charge on any atom is 0.251 e. The Balaban J connectivity index is 1.43. The lowest BCUT2D eigenvalue weighted by Crippen LogP contribution is -2.42. The van der Waals surface area contributed by atoms with Gasteiger partial charge in [-0.3, -0.25) is 4.79 Å². The van der Waals surface area contributed by atoms with Gasteiger partial charge in [0, 0.05) is 37.4 Å². The smallest absolute Gasteiger partial charge is 0.251 e. The van der Waals surface area contributed by atoms with Gasteiger partial charge in [-0.25, -0.2) is 0 Å². The van der Waals surface area contributed by atoms with E-state index in [4.69, 9.17) is 23.2 Å². The number of hydrogen-bond acceptors (Lipinski definition) is 3. The van der Waals surface area contributed by atoms with Gasteiger partial charge in [0.2, 0.25) is 6.04 Å². The summed E-state index contributed by atoms with van der Waals surface area (Å²) in [5.41, 5.74) is 1.77. The largest absolute Gasteiger partial charge is 0.352 e. The molecule has 0 spiro atoms. The lowest BCUT2D eigenvalue weighted by molar-refractivity contribution is -0.734. The molecule has 2 aliphatic heterocycles. The molecule has 0 aromatic heterocycles. The van der Waals surface area contributed by atoms with Crippen LogP contribution in [0.2, 0.25) is 10.0 Å². The molecule has 0 radical (unpaired) electrons. The van der Waals surface area contributed by atoms with Gasteiger partial charge in [0.1, 0.15) is 4.87 Å². The molecule has 2 aromatic rings. The first-order chi connectivity index (χ1) is 17.9. The van der Waals surface area contributed by atoms with Crippen molar-refractivity contribution in [1.29, 1.82) is 0 Å². The molecule has 3 atom stereocenters. The fourth-order valence-electron chi connectivity index (χ4n) is 5.60. The van der Waals surface area contributed by atoms with Gasteiger partial charge >= 0.3 is 0 Å². The van der Waals surface area contributed by atoms with Crippen LogP contribution in [0.3, 0.4) is 0 Å². The van der Waals surface area contributed by atoms with Crippen molar-refractivity contribution in [1.82, 2.24) is 15.2 Å². The number of carbonyl (C=O) groups excluding carboxylic acids is 1. The monoisotopic (exact) mass is 545 g/mol. The Bertz CT molecular complexity index is 1050. The number of hydrogen-bond donors (Lipinski definition) is 1. The number of nitrogens with zero attached hydrogens (tertiary/aromatic N) is 3. The molecule has 2 fully saturated rings. The van der Waals surface area contributed by atoms with Crippen LogP contribution < -0.4 is 5.32 Å². The summed E-state index contributed by atoms with van der Waals surface area (Å²) in [6, 6.07) is 15.3. The Hall–Kier alpha value is -2.15. The molecule has 2 saturated heterocycles. The SMILES string of the molecule is CC[C@H](CN1CC[C@H](CNC(=O)c2ccc(Cl)c(Cl)c2)C[C@@H](CCN2CCCC2)[N+]1=O)c1ccccc1. The normalized spacial score (nSPS) is 21.6. The van der Waals surface area contributed by atoms with Crippen molar-refractivity contribution in [2.24, 2.45) is 5.92 Å². The van der Waals surface area contributed by atoms with Gasteiger partial charge < -0.3 is 10.2 Å². The van der Waals surface area contributed by atoms with Crippen molar-refractivity contribution in [3.05, 3.63) is 74.6 Å². The van der Waals surface area contributed by atoms with E-state index in [9.17, 15) is 9.70 Å². The van der Waals surface area contributed by atoms with Crippen LogP contribution >= 0.6 is 23.2 Å². The van der Waals surface area contributed by atoms with Gasteiger partial charge in [0.25, 0.3) is 5.91 Å². The first-order valence-corrected chi connectivity index (χ1v) is 14.4. The molecular weight excluding hydrogens is 507 g/mol. The second kappa shape index (κ2) is 13.6. The Morgan fingerprint density at radius 3 is 2.54 bits per heavy atom. The highest BCUT2D eigenvalue weighted by Gasteiger charge is 2.39. The van der Waals surface area contributed by atoms with Crippen molar-refractivity contribution < 1.29 is 9.66 Å². The molecule has 0 aliphatic carbocycles. The Labute approximate surface area is 230 Å². The second-order valence-corrected chi connectivity index (χ2v) is 11.3. The molecule has 8 heteroatoms. The van der Waals surface area contributed by atoms with Crippen molar-refractivity contribution in [3.63, 3.8) is 0 Å². The fraction of sp³-hybridized carbons (Fsp3) is 0.552. The Morgan fingerprint density at radius 1 is 1.08 bits per heavy atom. The zero-order valence-electron chi connectivity index (χ0n) is 21.8. The summed E-state index contributed by atoms with van der Waals surface area (Å²) < 4.78 is 0. The van der Waals surface area contributed by atoms with E-state index in [0.717, 1.165) is 45.3 Å². The maximum atomic E-state index is 13.7. The Morgan fingerprint density at radius 2 is 1.84 bits per heavy atom. The van der Waals surface area contributed by atoms with Crippen molar-refractivity contribution in [3.8, 4) is 0 Å². The molecule has 1 N–H and O–H groups in total. The predicted octanol–water partition coefficient (Wildman–Crippen LogP) is 6.18. The van der Waals surface area contributed by atoms with Crippen LogP contribution in [0.25, 0.3) is 0 Å². The van der Waals surface area contributed by atoms with E-state index >= 15 is 0 Å². The summed E-state index contributed by atoms with van der Waals surface area (Å²) in [7, 11) is 0. The summed E-state index contributed by atoms with van der Waals surface area (Å²) in [6.45, 7) is 7.35. The number of benzene rings is 2. The number of amides is 1. The Kier molecular flexibility index (Phi) is 10.2. The van der Waals surface area contributed by atoms with E-state index in [-0.39, 0.29) is 17.9 Å². The van der Waals surface area contributed by atoms with Gasteiger partial charge in [0.05, 0.1) is 28.0 Å². The highest BCUT2D eigenvalue weighted by atomic mass is 35.5. The molecule has 2 aliphatic rings. The molecule has 0 saturated carbocycles.